The highest BCUT2D eigenvalue weighted by Crippen LogP contribution is 2.34. The summed E-state index contributed by atoms with van der Waals surface area (Å²) in [4.78, 5) is 8.07. The topological polar surface area (TPSA) is 60.5 Å². The van der Waals surface area contributed by atoms with Crippen LogP contribution >= 0.6 is 11.6 Å². The Morgan fingerprint density at radius 2 is 1.97 bits per heavy atom. The van der Waals surface area contributed by atoms with Crippen LogP contribution in [0.1, 0.15) is 82.4 Å². The van der Waals surface area contributed by atoms with Gasteiger partial charge in [0.1, 0.15) is 17.2 Å². The fourth-order valence-electron chi connectivity index (χ4n) is 3.82. The Kier molecular flexibility index (Phi) is 11.6. The van der Waals surface area contributed by atoms with Crippen molar-refractivity contribution in [1.82, 2.24) is 4.98 Å². The summed E-state index contributed by atoms with van der Waals surface area (Å²) in [6.45, 7) is 9.60. The van der Waals surface area contributed by atoms with Crippen LogP contribution in [0.4, 0.5) is 8.78 Å². The minimum Gasteiger partial charge on any atom is -0.387 e. The molecule has 1 aliphatic rings. The Balaban J connectivity index is 0.000000589. The van der Waals surface area contributed by atoms with Gasteiger partial charge in [-0.25, -0.2) is 13.8 Å². The van der Waals surface area contributed by atoms with E-state index < -0.39 is 11.6 Å². The van der Waals surface area contributed by atoms with E-state index in [0.717, 1.165) is 37.0 Å². The molecule has 2 heterocycles. The number of rotatable bonds is 7. The first-order valence-corrected chi connectivity index (χ1v) is 12.4. The molecule has 1 fully saturated rings. The first-order valence-electron chi connectivity index (χ1n) is 11.9. The normalized spacial score (nSPS) is 15.5. The number of amidine groups is 1. The lowest BCUT2D eigenvalue weighted by Crippen LogP contribution is -2.03. The first-order chi connectivity index (χ1) is 16.3. The van der Waals surface area contributed by atoms with Gasteiger partial charge in [-0.3, -0.25) is 4.98 Å². The lowest BCUT2D eigenvalue weighted by Gasteiger charge is -2.16. The number of aliphatic imine (C=N–C) groups is 1. The Labute approximate surface area is 207 Å². The van der Waals surface area contributed by atoms with Crippen molar-refractivity contribution < 1.29 is 13.5 Å². The molecule has 186 valence electrons. The smallest absolute Gasteiger partial charge is 0.150 e. The number of fused-ring (bicyclic) bond motifs is 1. The maximum atomic E-state index is 14.9. The number of halogens is 3. The third kappa shape index (κ3) is 7.88. The summed E-state index contributed by atoms with van der Waals surface area (Å²) < 4.78 is 34.8. The second-order valence-electron chi connectivity index (χ2n) is 8.67. The van der Waals surface area contributed by atoms with Crippen molar-refractivity contribution in [3.63, 3.8) is 0 Å². The Bertz CT molecular complexity index is 1030. The van der Waals surface area contributed by atoms with Crippen LogP contribution in [0.15, 0.2) is 41.4 Å². The molecule has 1 saturated heterocycles. The molecule has 0 atom stereocenters. The van der Waals surface area contributed by atoms with E-state index in [0.29, 0.717) is 22.9 Å². The maximum absolute atomic E-state index is 14.9. The fourth-order valence-corrected chi connectivity index (χ4v) is 4.03. The van der Waals surface area contributed by atoms with Crippen LogP contribution in [0.5, 0.6) is 0 Å². The minimum atomic E-state index is -0.565. The second-order valence-corrected chi connectivity index (χ2v) is 8.93. The van der Waals surface area contributed by atoms with Crippen molar-refractivity contribution in [3.05, 3.63) is 58.9 Å². The van der Waals surface area contributed by atoms with E-state index in [4.69, 9.17) is 22.1 Å². The van der Waals surface area contributed by atoms with Gasteiger partial charge in [-0.05, 0) is 67.3 Å². The predicted octanol–water partition coefficient (Wildman–Crippen LogP) is 7.79. The van der Waals surface area contributed by atoms with Gasteiger partial charge in [0.05, 0.1) is 12.0 Å². The highest BCUT2D eigenvalue weighted by atomic mass is 35.5. The van der Waals surface area contributed by atoms with E-state index in [1.54, 1.807) is 25.3 Å². The Morgan fingerprint density at radius 1 is 1.26 bits per heavy atom. The number of hydrogen-bond acceptors (Lipinski definition) is 3. The van der Waals surface area contributed by atoms with Crippen LogP contribution in [0.25, 0.3) is 16.5 Å². The highest BCUT2D eigenvalue weighted by Gasteiger charge is 2.18. The largest absolute Gasteiger partial charge is 0.387 e. The zero-order valence-corrected chi connectivity index (χ0v) is 21.4. The molecular weight excluding hydrogens is 456 g/mol. The molecule has 2 aromatic rings. The SMILES string of the molecule is C1CCOCC1.CCC/C=C(/C(F)=C\N=C(C)N)c1cc(F)c2ncc(CCl)c(C(C)C)c2c1. The molecule has 1 aliphatic heterocycles. The molecule has 0 amide bonds. The molecule has 0 radical (unpaired) electrons. The Morgan fingerprint density at radius 3 is 2.47 bits per heavy atom. The number of ether oxygens (including phenoxy) is 1. The molecule has 3 rings (SSSR count). The maximum Gasteiger partial charge on any atom is 0.150 e. The number of unbranched alkanes of at least 4 members (excludes halogenated alkanes) is 1. The monoisotopic (exact) mass is 491 g/mol. The molecule has 7 heteroatoms. The summed E-state index contributed by atoms with van der Waals surface area (Å²) in [5.74, 6) is -0.428. The third-order valence-corrected chi connectivity index (χ3v) is 5.72. The van der Waals surface area contributed by atoms with E-state index in [1.807, 2.05) is 20.8 Å². The molecule has 4 nitrogen and oxygen atoms in total. The Hall–Kier alpha value is -2.31. The average Bonchev–Trinajstić information content (AvgIpc) is 2.83. The van der Waals surface area contributed by atoms with E-state index >= 15 is 0 Å². The highest BCUT2D eigenvalue weighted by molar-refractivity contribution is 6.17. The van der Waals surface area contributed by atoms with Crippen molar-refractivity contribution >= 4 is 33.9 Å². The van der Waals surface area contributed by atoms with Crippen LogP contribution in [-0.2, 0) is 10.6 Å². The second kappa shape index (κ2) is 14.2. The quantitative estimate of drug-likeness (QED) is 0.186. The fraction of sp³-hybridized carbons (Fsp3) is 0.481. The standard InChI is InChI=1S/C22H26ClF2N3.C5H10O/c1-5-6-7-17(20(25)12-27-14(4)26)15-8-18-21(13(2)3)16(10-23)11-28-22(18)19(24)9-15;1-2-4-6-5-3-1/h7-9,11-13H,5-6,10H2,1-4H3,(H2,26,27);1-5H2/b17-7+,20-12+;. The zero-order valence-electron chi connectivity index (χ0n) is 20.6. The van der Waals surface area contributed by atoms with Gasteiger partial charge in [0.25, 0.3) is 0 Å². The van der Waals surface area contributed by atoms with Crippen molar-refractivity contribution in [2.45, 2.75) is 71.6 Å². The molecule has 0 spiro atoms. The van der Waals surface area contributed by atoms with Gasteiger partial charge < -0.3 is 10.5 Å². The van der Waals surface area contributed by atoms with E-state index in [2.05, 4.69) is 9.98 Å². The van der Waals surface area contributed by atoms with Gasteiger partial charge in [0.15, 0.2) is 0 Å². The number of nitrogens with zero attached hydrogens (tertiary/aromatic N) is 2. The number of benzene rings is 1. The summed E-state index contributed by atoms with van der Waals surface area (Å²) in [5.41, 5.74) is 8.26. The summed E-state index contributed by atoms with van der Waals surface area (Å²) in [7, 11) is 0. The molecule has 0 bridgehead atoms. The van der Waals surface area contributed by atoms with Crippen LogP contribution < -0.4 is 5.73 Å². The van der Waals surface area contributed by atoms with Crippen LogP contribution in [0.3, 0.4) is 0 Å². The van der Waals surface area contributed by atoms with Gasteiger partial charge in [0.2, 0.25) is 0 Å². The van der Waals surface area contributed by atoms with Crippen LogP contribution in [0.2, 0.25) is 0 Å². The average molecular weight is 492 g/mol. The van der Waals surface area contributed by atoms with Gasteiger partial charge >= 0.3 is 0 Å². The van der Waals surface area contributed by atoms with Crippen LogP contribution in [-0.4, -0.2) is 24.0 Å². The number of pyridine rings is 1. The van der Waals surface area contributed by atoms with Crippen LogP contribution in [0, 0.1) is 5.82 Å². The van der Waals surface area contributed by atoms with E-state index in [1.165, 1.54) is 25.3 Å². The lowest BCUT2D eigenvalue weighted by molar-refractivity contribution is 0.0968. The number of hydrogen-bond donors (Lipinski definition) is 1. The van der Waals surface area contributed by atoms with E-state index in [9.17, 15) is 8.78 Å². The number of nitrogens with two attached hydrogens (primary N) is 1. The summed E-state index contributed by atoms with van der Waals surface area (Å²) in [6.07, 6.45) is 9.84. The number of allylic oxidation sites excluding steroid dienone is 3. The summed E-state index contributed by atoms with van der Waals surface area (Å²) in [6, 6.07) is 3.10. The van der Waals surface area contributed by atoms with E-state index in [-0.39, 0.29) is 23.2 Å². The molecule has 1 aromatic carbocycles. The third-order valence-electron chi connectivity index (χ3n) is 5.43. The van der Waals surface area contributed by atoms with Gasteiger partial charge in [-0.15, -0.1) is 11.6 Å². The van der Waals surface area contributed by atoms with Gasteiger partial charge in [-0.1, -0.05) is 33.3 Å². The van der Waals surface area contributed by atoms with Crippen molar-refractivity contribution in [1.29, 1.82) is 0 Å². The molecule has 34 heavy (non-hydrogen) atoms. The summed E-state index contributed by atoms with van der Waals surface area (Å²) in [5, 5.41) is 0.650. The summed E-state index contributed by atoms with van der Waals surface area (Å²) >= 11 is 6.07. The van der Waals surface area contributed by atoms with Gasteiger partial charge in [-0.2, -0.15) is 0 Å². The predicted molar refractivity (Wildman–Crippen MR) is 139 cm³/mol. The number of alkyl halides is 1. The molecule has 0 saturated carbocycles. The molecule has 0 unspecified atom stereocenters. The number of aromatic nitrogens is 1. The zero-order chi connectivity index (χ0) is 25.1. The van der Waals surface area contributed by atoms with Crippen molar-refractivity contribution in [3.8, 4) is 0 Å². The first kappa shape index (κ1) is 27.9. The lowest BCUT2D eigenvalue weighted by atomic mass is 9.92. The minimum absolute atomic E-state index is 0.113. The molecular formula is C27H36ClF2N3O. The molecule has 2 N–H and O–H groups in total. The molecule has 1 aromatic heterocycles. The van der Waals surface area contributed by atoms with Gasteiger partial charge in [0, 0.05) is 36.2 Å². The van der Waals surface area contributed by atoms with Crippen molar-refractivity contribution in [2.75, 3.05) is 13.2 Å². The van der Waals surface area contributed by atoms with Crippen molar-refractivity contribution in [2.24, 2.45) is 10.7 Å². The molecule has 0 aliphatic carbocycles.